The first-order chi connectivity index (χ1) is 15.4. The van der Waals surface area contributed by atoms with E-state index in [4.69, 9.17) is 0 Å². The van der Waals surface area contributed by atoms with Crippen LogP contribution in [0.3, 0.4) is 0 Å². The standard InChI is InChI=1S/C23H24FN7O/c1-14-11-31-12-15(10-18(24)22(31)27-14)28-23(32)17-4-5-19(21-20(17)25-7-8-26-21)30-9-6-16(13-30)29(2)3/h4-5,7-8,10-12,16H,6,9,13H2,1-3H3,(H,28,32). The van der Waals surface area contributed by atoms with Gasteiger partial charge in [0, 0.05) is 50.0 Å². The smallest absolute Gasteiger partial charge is 0.257 e. The predicted molar refractivity (Wildman–Crippen MR) is 122 cm³/mol. The minimum atomic E-state index is -0.500. The number of fused-ring (bicyclic) bond motifs is 2. The molecule has 1 N–H and O–H groups in total. The molecule has 8 nitrogen and oxygen atoms in total. The highest BCUT2D eigenvalue weighted by Gasteiger charge is 2.26. The molecule has 0 saturated carbocycles. The van der Waals surface area contributed by atoms with Crippen LogP contribution in [0.2, 0.25) is 0 Å². The van der Waals surface area contributed by atoms with Gasteiger partial charge in [-0.05, 0) is 39.6 Å². The van der Waals surface area contributed by atoms with E-state index in [0.29, 0.717) is 34.0 Å². The second-order valence-electron chi connectivity index (χ2n) is 8.38. The molecule has 3 aromatic heterocycles. The van der Waals surface area contributed by atoms with Crippen molar-refractivity contribution in [3.05, 3.63) is 60.1 Å². The van der Waals surface area contributed by atoms with Crippen LogP contribution in [-0.2, 0) is 0 Å². The maximum Gasteiger partial charge on any atom is 0.257 e. The van der Waals surface area contributed by atoms with Crippen LogP contribution in [-0.4, -0.2) is 63.4 Å². The lowest BCUT2D eigenvalue weighted by molar-refractivity contribution is 0.102. The zero-order valence-corrected chi connectivity index (χ0v) is 18.2. The minimum absolute atomic E-state index is 0.225. The van der Waals surface area contributed by atoms with Gasteiger partial charge in [0.2, 0.25) is 0 Å². The number of amides is 1. The first kappa shape index (κ1) is 20.3. The van der Waals surface area contributed by atoms with Gasteiger partial charge in [0.05, 0.1) is 22.6 Å². The summed E-state index contributed by atoms with van der Waals surface area (Å²) >= 11 is 0. The van der Waals surface area contributed by atoms with Gasteiger partial charge in [0.25, 0.3) is 5.91 Å². The summed E-state index contributed by atoms with van der Waals surface area (Å²) < 4.78 is 16.0. The number of aromatic nitrogens is 4. The van der Waals surface area contributed by atoms with Crippen molar-refractivity contribution in [3.63, 3.8) is 0 Å². The van der Waals surface area contributed by atoms with E-state index in [1.54, 1.807) is 42.2 Å². The average molecular weight is 433 g/mol. The van der Waals surface area contributed by atoms with Crippen LogP contribution < -0.4 is 10.2 Å². The molecule has 4 aromatic rings. The summed E-state index contributed by atoms with van der Waals surface area (Å²) in [6.45, 7) is 3.61. The van der Waals surface area contributed by atoms with E-state index >= 15 is 0 Å². The van der Waals surface area contributed by atoms with Gasteiger partial charge in [-0.3, -0.25) is 14.8 Å². The zero-order chi connectivity index (χ0) is 22.4. The number of carbonyl (C=O) groups is 1. The summed E-state index contributed by atoms with van der Waals surface area (Å²) in [6.07, 6.45) is 7.64. The Morgan fingerprint density at radius 3 is 2.72 bits per heavy atom. The molecule has 1 amide bonds. The van der Waals surface area contributed by atoms with Crippen LogP contribution >= 0.6 is 0 Å². The summed E-state index contributed by atoms with van der Waals surface area (Å²) in [5.74, 6) is -0.870. The van der Waals surface area contributed by atoms with Crippen molar-refractivity contribution < 1.29 is 9.18 Å². The molecule has 9 heteroatoms. The van der Waals surface area contributed by atoms with Gasteiger partial charge >= 0.3 is 0 Å². The third-order valence-electron chi connectivity index (χ3n) is 5.97. The fraction of sp³-hybridized carbons (Fsp3) is 0.304. The largest absolute Gasteiger partial charge is 0.368 e. The molecule has 1 aliphatic heterocycles. The van der Waals surface area contributed by atoms with E-state index in [9.17, 15) is 9.18 Å². The van der Waals surface area contributed by atoms with Crippen molar-refractivity contribution in [1.29, 1.82) is 0 Å². The van der Waals surface area contributed by atoms with Crippen molar-refractivity contribution >= 4 is 34.0 Å². The molecule has 1 atom stereocenters. The van der Waals surface area contributed by atoms with Crippen LogP contribution in [0.4, 0.5) is 15.8 Å². The van der Waals surface area contributed by atoms with Gasteiger partial charge in [-0.15, -0.1) is 0 Å². The number of aryl methyl sites for hydroxylation is 1. The lowest BCUT2D eigenvalue weighted by Gasteiger charge is -2.23. The molecule has 0 aliphatic carbocycles. The Bertz CT molecular complexity index is 1330. The zero-order valence-electron chi connectivity index (χ0n) is 18.2. The van der Waals surface area contributed by atoms with Gasteiger partial charge in [-0.1, -0.05) is 0 Å². The maximum atomic E-state index is 14.4. The van der Waals surface area contributed by atoms with Gasteiger partial charge in [-0.2, -0.15) is 0 Å². The quantitative estimate of drug-likeness (QED) is 0.533. The van der Waals surface area contributed by atoms with Crippen molar-refractivity contribution in [3.8, 4) is 0 Å². The fourth-order valence-electron chi connectivity index (χ4n) is 4.31. The molecule has 4 heterocycles. The number of benzene rings is 1. The van der Waals surface area contributed by atoms with Crippen LogP contribution in [0.15, 0.2) is 43.0 Å². The number of halogens is 1. The third-order valence-corrected chi connectivity index (χ3v) is 5.97. The third kappa shape index (κ3) is 3.54. The van der Waals surface area contributed by atoms with E-state index in [1.165, 1.54) is 6.07 Å². The Morgan fingerprint density at radius 2 is 1.97 bits per heavy atom. The first-order valence-corrected chi connectivity index (χ1v) is 10.5. The van der Waals surface area contributed by atoms with Gasteiger partial charge in [0.1, 0.15) is 11.0 Å². The summed E-state index contributed by atoms with van der Waals surface area (Å²) in [6, 6.07) is 5.43. The Balaban J connectivity index is 1.48. The lowest BCUT2D eigenvalue weighted by Crippen LogP contribution is -2.31. The second kappa shape index (κ2) is 7.83. The average Bonchev–Trinajstić information content (AvgIpc) is 3.40. The normalized spacial score (nSPS) is 16.4. The summed E-state index contributed by atoms with van der Waals surface area (Å²) in [5, 5.41) is 2.79. The minimum Gasteiger partial charge on any atom is -0.368 e. The molecular weight excluding hydrogens is 409 g/mol. The molecule has 5 rings (SSSR count). The van der Waals surface area contributed by atoms with Gasteiger partial charge < -0.3 is 19.5 Å². The van der Waals surface area contributed by atoms with Crippen LogP contribution in [0.1, 0.15) is 22.5 Å². The Labute approximate surface area is 184 Å². The first-order valence-electron chi connectivity index (χ1n) is 10.5. The highest BCUT2D eigenvalue weighted by molar-refractivity contribution is 6.13. The molecule has 1 fully saturated rings. The molecule has 1 saturated heterocycles. The summed E-state index contributed by atoms with van der Waals surface area (Å²) in [4.78, 5) is 30.8. The molecule has 164 valence electrons. The number of nitrogens with one attached hydrogen (secondary N) is 1. The number of hydrogen-bond donors (Lipinski definition) is 1. The molecule has 1 aliphatic rings. The molecule has 1 unspecified atom stereocenters. The lowest BCUT2D eigenvalue weighted by atomic mass is 10.1. The maximum absolute atomic E-state index is 14.4. The molecular formula is C23H24FN7O. The predicted octanol–water partition coefficient (Wildman–Crippen LogP) is 3.12. The number of rotatable bonds is 4. The van der Waals surface area contributed by atoms with Crippen molar-refractivity contribution in [1.82, 2.24) is 24.3 Å². The monoisotopic (exact) mass is 433 g/mol. The molecule has 0 radical (unpaired) electrons. The topological polar surface area (TPSA) is 78.7 Å². The van der Waals surface area contributed by atoms with Crippen LogP contribution in [0, 0.1) is 12.7 Å². The molecule has 32 heavy (non-hydrogen) atoms. The van der Waals surface area contributed by atoms with E-state index in [0.717, 1.165) is 25.2 Å². The van der Waals surface area contributed by atoms with Crippen LogP contribution in [0.25, 0.3) is 16.7 Å². The van der Waals surface area contributed by atoms with Gasteiger partial charge in [-0.25, -0.2) is 9.37 Å². The van der Waals surface area contributed by atoms with Crippen molar-refractivity contribution in [2.24, 2.45) is 0 Å². The number of nitrogens with zero attached hydrogens (tertiary/aromatic N) is 6. The highest BCUT2D eigenvalue weighted by atomic mass is 19.1. The molecule has 1 aromatic carbocycles. The number of hydrogen-bond acceptors (Lipinski definition) is 6. The van der Waals surface area contributed by atoms with Crippen molar-refractivity contribution in [2.75, 3.05) is 37.4 Å². The van der Waals surface area contributed by atoms with Gasteiger partial charge in [0.15, 0.2) is 11.5 Å². The molecule has 0 bridgehead atoms. The SMILES string of the molecule is Cc1cn2cc(NC(=O)c3ccc(N4CCC(N(C)C)C4)c4nccnc34)cc(F)c2n1. The van der Waals surface area contributed by atoms with Crippen molar-refractivity contribution in [2.45, 2.75) is 19.4 Å². The molecule has 0 spiro atoms. The Kier molecular flexibility index (Phi) is 4.97. The number of carbonyl (C=O) groups excluding carboxylic acids is 1. The van der Waals surface area contributed by atoms with E-state index in [2.05, 4.69) is 44.2 Å². The second-order valence-corrected chi connectivity index (χ2v) is 8.38. The van der Waals surface area contributed by atoms with Crippen LogP contribution in [0.5, 0.6) is 0 Å². The van der Waals surface area contributed by atoms with E-state index in [-0.39, 0.29) is 11.6 Å². The highest BCUT2D eigenvalue weighted by Crippen LogP contribution is 2.30. The Hall–Kier alpha value is -3.59. The number of anilines is 2. The Morgan fingerprint density at radius 1 is 1.19 bits per heavy atom. The van der Waals surface area contributed by atoms with E-state index in [1.807, 2.05) is 6.07 Å². The number of imidazole rings is 1. The number of likely N-dealkylation sites (N-methyl/N-ethyl adjacent to an activating group) is 1. The van der Waals surface area contributed by atoms with E-state index < -0.39 is 5.82 Å². The summed E-state index contributed by atoms with van der Waals surface area (Å²) in [5.41, 5.74) is 3.83. The fourth-order valence-corrected chi connectivity index (χ4v) is 4.31. The summed E-state index contributed by atoms with van der Waals surface area (Å²) in [7, 11) is 4.18. The number of pyridine rings is 1.